The summed E-state index contributed by atoms with van der Waals surface area (Å²) >= 11 is 7.29. The van der Waals surface area contributed by atoms with Gasteiger partial charge < -0.3 is 0 Å². The first kappa shape index (κ1) is 11.1. The third-order valence-electron chi connectivity index (χ3n) is 2.04. The average Bonchev–Trinajstić information content (AvgIpc) is 2.79. The van der Waals surface area contributed by atoms with Crippen LogP contribution in [0.15, 0.2) is 47.9 Å². The minimum absolute atomic E-state index is 0.0231. The summed E-state index contributed by atoms with van der Waals surface area (Å²) in [6.45, 7) is 0. The van der Waals surface area contributed by atoms with Crippen LogP contribution in [0, 0.1) is 0 Å². The fourth-order valence-electron chi connectivity index (χ4n) is 1.28. The van der Waals surface area contributed by atoms with Gasteiger partial charge in [-0.15, -0.1) is 11.3 Å². The third kappa shape index (κ3) is 2.81. The van der Waals surface area contributed by atoms with Gasteiger partial charge in [0.2, 0.25) is 0 Å². The van der Waals surface area contributed by atoms with Crippen molar-refractivity contribution in [3.8, 4) is 0 Å². The van der Waals surface area contributed by atoms with E-state index in [2.05, 4.69) is 0 Å². The topological polar surface area (TPSA) is 17.1 Å². The van der Waals surface area contributed by atoms with Gasteiger partial charge in [-0.1, -0.05) is 35.9 Å². The summed E-state index contributed by atoms with van der Waals surface area (Å²) in [6, 6.07) is 11.1. The van der Waals surface area contributed by atoms with E-state index in [4.69, 9.17) is 11.6 Å². The van der Waals surface area contributed by atoms with E-state index in [1.165, 1.54) is 11.3 Å². The van der Waals surface area contributed by atoms with Crippen molar-refractivity contribution in [1.82, 2.24) is 0 Å². The van der Waals surface area contributed by atoms with E-state index in [1.54, 1.807) is 18.2 Å². The van der Waals surface area contributed by atoms with Crippen LogP contribution in [0.2, 0.25) is 5.02 Å². The van der Waals surface area contributed by atoms with Gasteiger partial charge in [-0.2, -0.15) is 0 Å². The van der Waals surface area contributed by atoms with Crippen LogP contribution in [0.5, 0.6) is 0 Å². The number of benzene rings is 1. The minimum Gasteiger partial charge on any atom is -0.288 e. The monoisotopic (exact) mass is 248 g/mol. The second-order valence-electron chi connectivity index (χ2n) is 3.23. The second-order valence-corrected chi connectivity index (χ2v) is 4.61. The van der Waals surface area contributed by atoms with Gasteiger partial charge in [-0.05, 0) is 35.2 Å². The van der Waals surface area contributed by atoms with E-state index in [9.17, 15) is 4.79 Å². The van der Waals surface area contributed by atoms with Crippen molar-refractivity contribution in [2.75, 3.05) is 0 Å². The number of halogens is 1. The van der Waals surface area contributed by atoms with Gasteiger partial charge in [0, 0.05) is 5.02 Å². The van der Waals surface area contributed by atoms with Crippen molar-refractivity contribution in [2.45, 2.75) is 0 Å². The first-order valence-corrected chi connectivity index (χ1v) is 6.03. The lowest BCUT2D eigenvalue weighted by Crippen LogP contribution is -1.88. The molecule has 0 bridgehead atoms. The number of hydrogen-bond donors (Lipinski definition) is 0. The van der Waals surface area contributed by atoms with Gasteiger partial charge in [0.15, 0.2) is 5.78 Å². The summed E-state index contributed by atoms with van der Waals surface area (Å²) in [4.78, 5) is 12.4. The van der Waals surface area contributed by atoms with Crippen molar-refractivity contribution in [2.24, 2.45) is 0 Å². The smallest absolute Gasteiger partial charge is 0.195 e. The molecule has 0 saturated heterocycles. The Balaban J connectivity index is 2.13. The highest BCUT2D eigenvalue weighted by atomic mass is 35.5. The zero-order valence-electron chi connectivity index (χ0n) is 8.39. The molecule has 0 spiro atoms. The highest BCUT2D eigenvalue weighted by Gasteiger charge is 2.01. The average molecular weight is 249 g/mol. The Morgan fingerprint density at radius 3 is 2.81 bits per heavy atom. The molecule has 1 nitrogen and oxygen atoms in total. The van der Waals surface area contributed by atoms with Crippen molar-refractivity contribution in [1.29, 1.82) is 0 Å². The van der Waals surface area contributed by atoms with Crippen LogP contribution < -0.4 is 0 Å². The Kier molecular flexibility index (Phi) is 3.54. The maximum Gasteiger partial charge on any atom is 0.195 e. The van der Waals surface area contributed by atoms with Crippen LogP contribution in [0.25, 0.3) is 6.08 Å². The number of rotatable bonds is 3. The first-order chi connectivity index (χ1) is 7.75. The Hall–Kier alpha value is -1.38. The van der Waals surface area contributed by atoms with Gasteiger partial charge in [0.05, 0.1) is 4.88 Å². The molecule has 2 aromatic rings. The zero-order valence-corrected chi connectivity index (χ0v) is 9.96. The van der Waals surface area contributed by atoms with Crippen molar-refractivity contribution in [3.63, 3.8) is 0 Å². The Labute approximate surface area is 103 Å². The fourth-order valence-corrected chi connectivity index (χ4v) is 2.13. The molecule has 0 aliphatic rings. The number of ketones is 1. The Morgan fingerprint density at radius 2 is 2.12 bits per heavy atom. The number of hydrogen-bond acceptors (Lipinski definition) is 2. The number of carbonyl (C=O) groups excluding carboxylic acids is 1. The van der Waals surface area contributed by atoms with Crippen LogP contribution in [-0.4, -0.2) is 5.78 Å². The van der Waals surface area contributed by atoms with Crippen LogP contribution in [-0.2, 0) is 0 Å². The summed E-state index contributed by atoms with van der Waals surface area (Å²) in [5.41, 5.74) is 0.928. The Bertz CT molecular complexity index is 514. The lowest BCUT2D eigenvalue weighted by Gasteiger charge is -1.93. The highest BCUT2D eigenvalue weighted by Crippen LogP contribution is 2.14. The highest BCUT2D eigenvalue weighted by molar-refractivity contribution is 7.12. The molecule has 1 aromatic heterocycles. The van der Waals surface area contributed by atoms with Crippen molar-refractivity contribution >= 4 is 34.8 Å². The summed E-state index contributed by atoms with van der Waals surface area (Å²) < 4.78 is 0. The lowest BCUT2D eigenvalue weighted by molar-refractivity contribution is 0.105. The van der Waals surface area contributed by atoms with E-state index in [0.717, 1.165) is 10.4 Å². The van der Waals surface area contributed by atoms with Gasteiger partial charge in [-0.25, -0.2) is 0 Å². The molecule has 16 heavy (non-hydrogen) atoms. The molecule has 0 unspecified atom stereocenters. The van der Waals surface area contributed by atoms with Crippen LogP contribution in [0.1, 0.15) is 15.2 Å². The molecule has 80 valence electrons. The van der Waals surface area contributed by atoms with Gasteiger partial charge in [-0.3, -0.25) is 4.79 Å². The quantitative estimate of drug-likeness (QED) is 0.585. The molecular formula is C13H9ClOS. The minimum atomic E-state index is 0.0231. The Morgan fingerprint density at radius 1 is 1.25 bits per heavy atom. The van der Waals surface area contributed by atoms with E-state index in [1.807, 2.05) is 35.7 Å². The predicted octanol–water partition coefficient (Wildman–Crippen LogP) is 4.30. The molecule has 0 atom stereocenters. The lowest BCUT2D eigenvalue weighted by atomic mass is 10.2. The molecule has 1 heterocycles. The van der Waals surface area contributed by atoms with Crippen molar-refractivity contribution < 1.29 is 4.79 Å². The molecule has 0 aliphatic heterocycles. The van der Waals surface area contributed by atoms with Gasteiger partial charge in [0.25, 0.3) is 0 Å². The van der Waals surface area contributed by atoms with Gasteiger partial charge in [0.1, 0.15) is 0 Å². The van der Waals surface area contributed by atoms with E-state index < -0.39 is 0 Å². The molecule has 0 aliphatic carbocycles. The van der Waals surface area contributed by atoms with Crippen LogP contribution >= 0.6 is 22.9 Å². The molecule has 0 fully saturated rings. The largest absolute Gasteiger partial charge is 0.288 e. The maximum absolute atomic E-state index is 11.7. The van der Waals surface area contributed by atoms with Crippen molar-refractivity contribution in [3.05, 3.63) is 63.3 Å². The van der Waals surface area contributed by atoms with Gasteiger partial charge >= 0.3 is 0 Å². The third-order valence-corrected chi connectivity index (χ3v) is 3.16. The van der Waals surface area contributed by atoms with E-state index in [0.29, 0.717) is 5.02 Å². The van der Waals surface area contributed by atoms with E-state index in [-0.39, 0.29) is 5.78 Å². The summed E-state index contributed by atoms with van der Waals surface area (Å²) in [5, 5.41) is 2.56. The number of thiophene rings is 1. The standard InChI is InChI=1S/C13H9ClOS/c14-11-4-1-3-10(9-11)6-7-12(15)13-5-2-8-16-13/h1-9H/b7-6-. The molecule has 1 aromatic carbocycles. The normalized spacial score (nSPS) is 10.8. The molecule has 3 heteroatoms. The number of carbonyl (C=O) groups is 1. The summed E-state index contributed by atoms with van der Waals surface area (Å²) in [7, 11) is 0. The molecule has 0 amide bonds. The summed E-state index contributed by atoms with van der Waals surface area (Å²) in [6.07, 6.45) is 3.34. The number of allylic oxidation sites excluding steroid dienone is 1. The first-order valence-electron chi connectivity index (χ1n) is 4.77. The molecule has 0 radical (unpaired) electrons. The molecule has 0 saturated carbocycles. The SMILES string of the molecule is O=C(/C=C\c1cccc(Cl)c1)c1cccs1. The predicted molar refractivity (Wildman–Crippen MR) is 69.1 cm³/mol. The molecule has 0 N–H and O–H groups in total. The fraction of sp³-hybridized carbons (Fsp3) is 0. The van der Waals surface area contributed by atoms with Crippen LogP contribution in [0.4, 0.5) is 0 Å². The molecular weight excluding hydrogens is 240 g/mol. The van der Waals surface area contributed by atoms with Crippen LogP contribution in [0.3, 0.4) is 0 Å². The van der Waals surface area contributed by atoms with E-state index >= 15 is 0 Å². The molecule has 2 rings (SSSR count). The second kappa shape index (κ2) is 5.10. The maximum atomic E-state index is 11.7. The zero-order chi connectivity index (χ0) is 11.4. The summed E-state index contributed by atoms with van der Waals surface area (Å²) in [5.74, 6) is 0.0231.